The first-order chi connectivity index (χ1) is 10.3. The van der Waals surface area contributed by atoms with Gasteiger partial charge in [-0.3, -0.25) is 9.59 Å². The average Bonchev–Trinajstić information content (AvgIpc) is 2.57. The molecule has 4 nitrogen and oxygen atoms in total. The van der Waals surface area contributed by atoms with Crippen LogP contribution in [0.25, 0.3) is 0 Å². The van der Waals surface area contributed by atoms with Crippen LogP contribution in [0.2, 0.25) is 0 Å². The van der Waals surface area contributed by atoms with Crippen molar-refractivity contribution in [3.8, 4) is 5.75 Å². The molecular weight excluding hydrogens is 280 g/mol. The van der Waals surface area contributed by atoms with Gasteiger partial charge in [-0.05, 0) is 30.9 Å². The van der Waals surface area contributed by atoms with Crippen LogP contribution in [-0.4, -0.2) is 25.0 Å². The highest BCUT2D eigenvalue weighted by atomic mass is 16.5. The molecule has 0 saturated carbocycles. The van der Waals surface area contributed by atoms with Crippen LogP contribution in [0, 0.1) is 12.8 Å². The van der Waals surface area contributed by atoms with Crippen LogP contribution in [0.15, 0.2) is 12.1 Å². The highest BCUT2D eigenvalue weighted by Gasteiger charge is 2.35. The molecule has 1 aliphatic heterocycles. The van der Waals surface area contributed by atoms with Gasteiger partial charge in [-0.2, -0.15) is 0 Å². The molecule has 0 aliphatic carbocycles. The van der Waals surface area contributed by atoms with E-state index in [4.69, 9.17) is 9.47 Å². The molecule has 0 fully saturated rings. The molecule has 0 aromatic heterocycles. The summed E-state index contributed by atoms with van der Waals surface area (Å²) in [6.07, 6.45) is 0.356. The summed E-state index contributed by atoms with van der Waals surface area (Å²) < 4.78 is 10.9. The predicted molar refractivity (Wildman–Crippen MR) is 84.4 cm³/mol. The van der Waals surface area contributed by atoms with Crippen molar-refractivity contribution in [2.24, 2.45) is 5.92 Å². The van der Waals surface area contributed by atoms with E-state index < -0.39 is 11.9 Å². The number of hydrogen-bond donors (Lipinski definition) is 0. The molecule has 0 radical (unpaired) electrons. The Balaban J connectivity index is 2.53. The number of carbonyl (C=O) groups excluding carboxylic acids is 2. The lowest BCUT2D eigenvalue weighted by Crippen LogP contribution is -2.26. The standard InChI is InChI=1S/C18H24O4/c1-6-21-17(20)12-7-8-22-16-13(15(12)19)9-11(2)10-14(16)18(3,4)5/h9-10,12H,6-8H2,1-5H3. The Labute approximate surface area is 131 Å². The highest BCUT2D eigenvalue weighted by Crippen LogP contribution is 2.38. The maximum atomic E-state index is 12.8. The first-order valence-electron chi connectivity index (χ1n) is 7.74. The Morgan fingerprint density at radius 2 is 2.05 bits per heavy atom. The number of carbonyl (C=O) groups is 2. The maximum Gasteiger partial charge on any atom is 0.316 e. The van der Waals surface area contributed by atoms with E-state index in [0.29, 0.717) is 24.3 Å². The third-order valence-electron chi connectivity index (χ3n) is 3.85. The molecule has 0 spiro atoms. The third kappa shape index (κ3) is 3.16. The molecule has 0 bridgehead atoms. The second-order valence-electron chi connectivity index (χ2n) is 6.75. The zero-order valence-electron chi connectivity index (χ0n) is 14.0. The van der Waals surface area contributed by atoms with Gasteiger partial charge in [0.2, 0.25) is 0 Å². The van der Waals surface area contributed by atoms with E-state index in [0.717, 1.165) is 11.1 Å². The van der Waals surface area contributed by atoms with Gasteiger partial charge in [0.1, 0.15) is 11.7 Å². The Kier molecular flexibility index (Phi) is 4.59. The summed E-state index contributed by atoms with van der Waals surface area (Å²) >= 11 is 0. The summed E-state index contributed by atoms with van der Waals surface area (Å²) in [5.74, 6) is -0.798. The number of Topliss-reactive ketones (excluding diaryl/α,β-unsaturated/α-hetero) is 1. The molecule has 4 heteroatoms. The minimum Gasteiger partial charge on any atom is -0.492 e. The quantitative estimate of drug-likeness (QED) is 0.620. The second kappa shape index (κ2) is 6.11. The number of hydrogen-bond acceptors (Lipinski definition) is 4. The molecule has 1 unspecified atom stereocenters. The van der Waals surface area contributed by atoms with Gasteiger partial charge in [0.25, 0.3) is 0 Å². The summed E-state index contributed by atoms with van der Waals surface area (Å²) in [5.41, 5.74) is 2.35. The Morgan fingerprint density at radius 3 is 2.64 bits per heavy atom. The number of fused-ring (bicyclic) bond motifs is 1. The van der Waals surface area contributed by atoms with Crippen LogP contribution < -0.4 is 4.74 Å². The lowest BCUT2D eigenvalue weighted by atomic mass is 9.82. The van der Waals surface area contributed by atoms with Gasteiger partial charge in [0, 0.05) is 12.0 Å². The SMILES string of the molecule is CCOC(=O)C1CCOc2c(cc(C)cc2C(C)(C)C)C1=O. The first kappa shape index (κ1) is 16.5. The van der Waals surface area contributed by atoms with Crippen molar-refractivity contribution < 1.29 is 19.1 Å². The van der Waals surface area contributed by atoms with Crippen LogP contribution in [0.3, 0.4) is 0 Å². The molecule has 0 N–H and O–H groups in total. The number of esters is 1. The number of rotatable bonds is 2. The fourth-order valence-corrected chi connectivity index (χ4v) is 2.73. The van der Waals surface area contributed by atoms with Gasteiger partial charge in [0.15, 0.2) is 5.78 Å². The smallest absolute Gasteiger partial charge is 0.316 e. The molecule has 1 aliphatic rings. The summed E-state index contributed by atoms with van der Waals surface area (Å²) in [7, 11) is 0. The van der Waals surface area contributed by atoms with Crippen molar-refractivity contribution in [1.29, 1.82) is 0 Å². The zero-order valence-corrected chi connectivity index (χ0v) is 14.0. The maximum absolute atomic E-state index is 12.8. The second-order valence-corrected chi connectivity index (χ2v) is 6.75. The molecule has 1 aromatic carbocycles. The van der Waals surface area contributed by atoms with E-state index in [9.17, 15) is 9.59 Å². The van der Waals surface area contributed by atoms with Crippen molar-refractivity contribution in [3.63, 3.8) is 0 Å². The number of aryl methyl sites for hydroxylation is 1. The largest absolute Gasteiger partial charge is 0.492 e. The van der Waals surface area contributed by atoms with Gasteiger partial charge in [-0.15, -0.1) is 0 Å². The minimum absolute atomic E-state index is 0.139. The van der Waals surface area contributed by atoms with E-state index in [2.05, 4.69) is 26.8 Å². The molecule has 0 saturated heterocycles. The fraction of sp³-hybridized carbons (Fsp3) is 0.556. The van der Waals surface area contributed by atoms with Gasteiger partial charge in [-0.25, -0.2) is 0 Å². The Bertz CT molecular complexity index is 596. The van der Waals surface area contributed by atoms with Crippen LogP contribution >= 0.6 is 0 Å². The molecule has 1 atom stereocenters. The van der Waals surface area contributed by atoms with E-state index >= 15 is 0 Å². The molecule has 1 aromatic rings. The van der Waals surface area contributed by atoms with E-state index in [1.54, 1.807) is 6.92 Å². The third-order valence-corrected chi connectivity index (χ3v) is 3.85. The summed E-state index contributed by atoms with van der Waals surface area (Å²) in [6, 6.07) is 3.86. The van der Waals surface area contributed by atoms with Crippen LogP contribution in [0.1, 0.15) is 55.6 Å². The average molecular weight is 304 g/mol. The lowest BCUT2D eigenvalue weighted by molar-refractivity contribution is -0.146. The highest BCUT2D eigenvalue weighted by molar-refractivity contribution is 6.10. The van der Waals surface area contributed by atoms with E-state index in [1.165, 1.54) is 0 Å². The van der Waals surface area contributed by atoms with Crippen molar-refractivity contribution in [2.45, 2.75) is 46.5 Å². The van der Waals surface area contributed by atoms with Gasteiger partial charge in [0.05, 0.1) is 18.8 Å². The molecule has 2 rings (SSSR count). The Hall–Kier alpha value is -1.84. The molecule has 1 heterocycles. The number of ether oxygens (including phenoxy) is 2. The van der Waals surface area contributed by atoms with Crippen molar-refractivity contribution >= 4 is 11.8 Å². The minimum atomic E-state index is -0.768. The van der Waals surface area contributed by atoms with Crippen LogP contribution in [0.5, 0.6) is 5.75 Å². The summed E-state index contributed by atoms with van der Waals surface area (Å²) in [5, 5.41) is 0. The van der Waals surface area contributed by atoms with Gasteiger partial charge >= 0.3 is 5.97 Å². The summed E-state index contributed by atoms with van der Waals surface area (Å²) in [6.45, 7) is 10.6. The fourth-order valence-electron chi connectivity index (χ4n) is 2.73. The Morgan fingerprint density at radius 1 is 1.36 bits per heavy atom. The zero-order chi connectivity index (χ0) is 16.5. The normalized spacial score (nSPS) is 18.2. The molecule has 120 valence electrons. The lowest BCUT2D eigenvalue weighted by Gasteiger charge is -2.24. The monoisotopic (exact) mass is 304 g/mol. The number of ketones is 1. The van der Waals surface area contributed by atoms with Gasteiger partial charge < -0.3 is 9.47 Å². The number of benzene rings is 1. The topological polar surface area (TPSA) is 52.6 Å². The molecule has 22 heavy (non-hydrogen) atoms. The molecular formula is C18H24O4. The van der Waals surface area contributed by atoms with Crippen LogP contribution in [0.4, 0.5) is 0 Å². The van der Waals surface area contributed by atoms with Crippen molar-refractivity contribution in [2.75, 3.05) is 13.2 Å². The van der Waals surface area contributed by atoms with E-state index in [1.807, 2.05) is 13.0 Å². The predicted octanol–water partition coefficient (Wildman–Crippen LogP) is 3.44. The van der Waals surface area contributed by atoms with Crippen LogP contribution in [-0.2, 0) is 14.9 Å². The summed E-state index contributed by atoms with van der Waals surface area (Å²) in [4.78, 5) is 24.8. The van der Waals surface area contributed by atoms with Crippen molar-refractivity contribution in [1.82, 2.24) is 0 Å². The first-order valence-corrected chi connectivity index (χ1v) is 7.74. The van der Waals surface area contributed by atoms with Crippen molar-refractivity contribution in [3.05, 3.63) is 28.8 Å². The van der Waals surface area contributed by atoms with Gasteiger partial charge in [-0.1, -0.05) is 26.8 Å². The van der Waals surface area contributed by atoms with E-state index in [-0.39, 0.29) is 17.8 Å². The molecule has 0 amide bonds.